The summed E-state index contributed by atoms with van der Waals surface area (Å²) < 4.78 is 30.8. The van der Waals surface area contributed by atoms with Crippen molar-refractivity contribution in [3.8, 4) is 0 Å². The highest BCUT2D eigenvalue weighted by molar-refractivity contribution is 7.91. The molecule has 1 aliphatic heterocycles. The number of nitrogen functional groups attached to an aromatic ring is 1. The molecule has 0 atom stereocenters. The Morgan fingerprint density at radius 3 is 2.58 bits per heavy atom. The van der Waals surface area contributed by atoms with Crippen molar-refractivity contribution in [3.05, 3.63) is 16.2 Å². The van der Waals surface area contributed by atoms with E-state index < -0.39 is 14.9 Å². The van der Waals surface area contributed by atoms with Crippen LogP contribution >= 0.6 is 11.3 Å². The average molecular weight is 308 g/mol. The molecule has 0 unspecified atom stereocenters. The molecule has 2 heterocycles. The van der Waals surface area contributed by atoms with E-state index in [-0.39, 0.29) is 28.0 Å². The van der Waals surface area contributed by atoms with E-state index in [1.54, 1.807) is 0 Å². The van der Waals surface area contributed by atoms with E-state index in [0.717, 1.165) is 17.4 Å². The third kappa shape index (κ3) is 2.69. The van der Waals surface area contributed by atoms with Gasteiger partial charge < -0.3 is 10.2 Å². The largest absolute Gasteiger partial charge is 0.379 e. The summed E-state index contributed by atoms with van der Waals surface area (Å²) in [5.41, 5.74) is 1.79. The Balaban J connectivity index is 2.37. The van der Waals surface area contributed by atoms with Gasteiger partial charge in [-0.3, -0.25) is 10.1 Å². The van der Waals surface area contributed by atoms with E-state index in [1.165, 1.54) is 4.31 Å². The summed E-state index contributed by atoms with van der Waals surface area (Å²) in [6.45, 7) is 1.10. The molecule has 106 valence electrons. The summed E-state index contributed by atoms with van der Waals surface area (Å²) in [5, 5.41) is 10.8. The van der Waals surface area contributed by atoms with Gasteiger partial charge in [-0.25, -0.2) is 14.3 Å². The summed E-state index contributed by atoms with van der Waals surface area (Å²) in [6, 6.07) is 1.02. The van der Waals surface area contributed by atoms with Crippen LogP contribution in [0.3, 0.4) is 0 Å². The lowest BCUT2D eigenvalue weighted by atomic mass is 10.5. The van der Waals surface area contributed by atoms with Gasteiger partial charge in [-0.2, -0.15) is 4.31 Å². The second-order valence-electron chi connectivity index (χ2n) is 3.70. The Bertz CT molecular complexity index is 578. The zero-order valence-corrected chi connectivity index (χ0v) is 11.4. The number of nitrogens with one attached hydrogen (secondary N) is 1. The molecule has 9 nitrogen and oxygen atoms in total. The molecule has 0 aromatic carbocycles. The number of ether oxygens (including phenoxy) is 1. The molecule has 0 spiro atoms. The van der Waals surface area contributed by atoms with Crippen molar-refractivity contribution in [3.63, 3.8) is 0 Å². The standard InChI is InChI=1S/C8H12N4O5S2/c9-10-8-6(12(13)14)5-7(18-8)19(15,16)11-1-3-17-4-2-11/h5,10H,1-4,9H2. The van der Waals surface area contributed by atoms with E-state index in [9.17, 15) is 18.5 Å². The van der Waals surface area contributed by atoms with Crippen LogP contribution in [0.5, 0.6) is 0 Å². The number of hydrogen-bond donors (Lipinski definition) is 2. The topological polar surface area (TPSA) is 128 Å². The maximum atomic E-state index is 12.3. The number of nitrogens with two attached hydrogens (primary N) is 1. The molecule has 0 amide bonds. The third-order valence-corrected chi connectivity index (χ3v) is 5.99. The van der Waals surface area contributed by atoms with E-state index in [4.69, 9.17) is 10.6 Å². The van der Waals surface area contributed by atoms with Crippen molar-refractivity contribution in [2.45, 2.75) is 4.21 Å². The van der Waals surface area contributed by atoms with E-state index in [2.05, 4.69) is 5.43 Å². The van der Waals surface area contributed by atoms with Crippen molar-refractivity contribution in [1.82, 2.24) is 4.31 Å². The molecular weight excluding hydrogens is 296 g/mol. The Morgan fingerprint density at radius 1 is 1.47 bits per heavy atom. The Hall–Kier alpha value is -1.27. The molecule has 0 bridgehead atoms. The van der Waals surface area contributed by atoms with Crippen LogP contribution in [0.1, 0.15) is 0 Å². The fraction of sp³-hybridized carbons (Fsp3) is 0.500. The minimum Gasteiger partial charge on any atom is -0.379 e. The van der Waals surface area contributed by atoms with Gasteiger partial charge in [0, 0.05) is 19.2 Å². The Labute approximate surface area is 113 Å². The second-order valence-corrected chi connectivity index (χ2v) is 6.91. The molecule has 19 heavy (non-hydrogen) atoms. The van der Waals surface area contributed by atoms with E-state index in [0.29, 0.717) is 13.2 Å². The lowest BCUT2D eigenvalue weighted by Crippen LogP contribution is -2.40. The summed E-state index contributed by atoms with van der Waals surface area (Å²) in [7, 11) is -3.74. The minimum atomic E-state index is -3.74. The molecule has 11 heteroatoms. The predicted molar refractivity (Wildman–Crippen MR) is 68.4 cm³/mol. The molecule has 1 aliphatic rings. The number of thiophene rings is 1. The number of nitro groups is 1. The number of nitrogens with zero attached hydrogens (tertiary/aromatic N) is 2. The van der Waals surface area contributed by atoms with Gasteiger partial charge in [-0.05, 0) is 0 Å². The van der Waals surface area contributed by atoms with Crippen LogP contribution in [0.15, 0.2) is 10.3 Å². The van der Waals surface area contributed by atoms with Crippen molar-refractivity contribution in [2.24, 2.45) is 5.84 Å². The van der Waals surface area contributed by atoms with Crippen LogP contribution in [0, 0.1) is 10.1 Å². The number of anilines is 1. The normalized spacial score (nSPS) is 17.3. The monoisotopic (exact) mass is 308 g/mol. The van der Waals surface area contributed by atoms with Crippen LogP contribution < -0.4 is 11.3 Å². The minimum absolute atomic E-state index is 0.0110. The first-order valence-corrected chi connectivity index (χ1v) is 7.55. The van der Waals surface area contributed by atoms with Gasteiger partial charge in [0.25, 0.3) is 10.0 Å². The van der Waals surface area contributed by atoms with Gasteiger partial charge in [0.15, 0.2) is 5.00 Å². The Morgan fingerprint density at radius 2 is 2.11 bits per heavy atom. The van der Waals surface area contributed by atoms with Crippen LogP contribution in [0.25, 0.3) is 0 Å². The van der Waals surface area contributed by atoms with Crippen LogP contribution in [0.4, 0.5) is 10.7 Å². The molecule has 2 rings (SSSR count). The van der Waals surface area contributed by atoms with Crippen LogP contribution in [-0.4, -0.2) is 43.9 Å². The van der Waals surface area contributed by atoms with E-state index in [1.807, 2.05) is 0 Å². The SMILES string of the molecule is NNc1sc(S(=O)(=O)N2CCOCC2)cc1[N+](=O)[O-]. The molecule has 1 fully saturated rings. The maximum absolute atomic E-state index is 12.3. The molecule has 1 saturated heterocycles. The lowest BCUT2D eigenvalue weighted by Gasteiger charge is -2.25. The lowest BCUT2D eigenvalue weighted by molar-refractivity contribution is -0.383. The zero-order chi connectivity index (χ0) is 14.0. The van der Waals surface area contributed by atoms with Crippen molar-refractivity contribution < 1.29 is 18.1 Å². The number of hydrogen-bond acceptors (Lipinski definition) is 8. The van der Waals surface area contributed by atoms with E-state index >= 15 is 0 Å². The molecule has 0 radical (unpaired) electrons. The molecule has 0 saturated carbocycles. The molecule has 3 N–H and O–H groups in total. The number of rotatable bonds is 4. The number of hydrazine groups is 1. The highest BCUT2D eigenvalue weighted by Gasteiger charge is 2.31. The quantitative estimate of drug-likeness (QED) is 0.454. The Kier molecular flexibility index (Phi) is 4.01. The van der Waals surface area contributed by atoms with Gasteiger partial charge in [-0.15, -0.1) is 0 Å². The third-order valence-electron chi connectivity index (χ3n) is 2.58. The smallest absolute Gasteiger partial charge is 0.306 e. The maximum Gasteiger partial charge on any atom is 0.306 e. The zero-order valence-electron chi connectivity index (χ0n) is 9.74. The molecule has 1 aromatic rings. The molecular formula is C8H12N4O5S2. The van der Waals surface area contributed by atoms with Gasteiger partial charge in [0.2, 0.25) is 0 Å². The first-order chi connectivity index (χ1) is 8.96. The van der Waals surface area contributed by atoms with Crippen molar-refractivity contribution in [1.29, 1.82) is 0 Å². The van der Waals surface area contributed by atoms with Crippen LogP contribution in [0.2, 0.25) is 0 Å². The fourth-order valence-corrected chi connectivity index (χ4v) is 4.44. The summed E-state index contributed by atoms with van der Waals surface area (Å²) >= 11 is 0.740. The van der Waals surface area contributed by atoms with Crippen molar-refractivity contribution >= 4 is 32.0 Å². The summed E-state index contributed by atoms with van der Waals surface area (Å²) in [5.74, 6) is 5.15. The van der Waals surface area contributed by atoms with Crippen LogP contribution in [-0.2, 0) is 14.8 Å². The number of morpholine rings is 1. The highest BCUT2D eigenvalue weighted by Crippen LogP contribution is 2.37. The molecule has 0 aliphatic carbocycles. The predicted octanol–water partition coefficient (Wildman–Crippen LogP) is -0.0372. The summed E-state index contributed by atoms with van der Waals surface area (Å²) in [4.78, 5) is 10.1. The van der Waals surface area contributed by atoms with Crippen molar-refractivity contribution in [2.75, 3.05) is 31.7 Å². The van der Waals surface area contributed by atoms with Gasteiger partial charge >= 0.3 is 5.69 Å². The molecule has 1 aromatic heterocycles. The van der Waals surface area contributed by atoms with Gasteiger partial charge in [-0.1, -0.05) is 11.3 Å². The second kappa shape index (κ2) is 5.38. The fourth-order valence-electron chi connectivity index (χ4n) is 1.64. The average Bonchev–Trinajstić information content (AvgIpc) is 2.84. The van der Waals surface area contributed by atoms with Gasteiger partial charge in [0.05, 0.1) is 18.1 Å². The highest BCUT2D eigenvalue weighted by atomic mass is 32.2. The number of sulfonamides is 1. The first-order valence-electron chi connectivity index (χ1n) is 5.29. The summed E-state index contributed by atoms with van der Waals surface area (Å²) in [6.07, 6.45) is 0. The van der Waals surface area contributed by atoms with Gasteiger partial charge in [0.1, 0.15) is 4.21 Å². The first kappa shape index (κ1) is 14.1.